The maximum Gasteiger partial charge on any atom is 0.257 e. The summed E-state index contributed by atoms with van der Waals surface area (Å²) in [7, 11) is 0. The van der Waals surface area contributed by atoms with Gasteiger partial charge in [0.25, 0.3) is 5.91 Å². The van der Waals surface area contributed by atoms with Crippen LogP contribution in [0.1, 0.15) is 15.9 Å². The van der Waals surface area contributed by atoms with Crippen LogP contribution < -0.4 is 10.0 Å². The first-order chi connectivity index (χ1) is 9.56. The number of carbonyl (C=O) groups is 1. The first kappa shape index (κ1) is 14.3. The lowest BCUT2D eigenvalue weighted by Gasteiger charge is -2.06. The predicted octanol–water partition coefficient (Wildman–Crippen LogP) is 2.08. The molecule has 2 rings (SSSR count). The Labute approximate surface area is 120 Å². The number of nitrogens with one attached hydrogen (secondary N) is 1. The van der Waals surface area contributed by atoms with Crippen LogP contribution in [0.15, 0.2) is 42.7 Å². The van der Waals surface area contributed by atoms with Crippen molar-refractivity contribution >= 4 is 17.5 Å². The second-order valence-electron chi connectivity index (χ2n) is 4.19. The molecule has 1 amide bonds. The van der Waals surface area contributed by atoms with Gasteiger partial charge < -0.3 is 10.5 Å². The van der Waals surface area contributed by atoms with Crippen molar-refractivity contribution in [3.8, 4) is 0 Å². The molecule has 0 fully saturated rings. The molecule has 0 saturated heterocycles. The van der Waals surface area contributed by atoms with Crippen molar-refractivity contribution in [2.75, 3.05) is 6.54 Å². The normalized spacial score (nSPS) is 10.3. The molecule has 0 aliphatic carbocycles. The van der Waals surface area contributed by atoms with Crippen molar-refractivity contribution in [2.24, 2.45) is 0 Å². The van der Waals surface area contributed by atoms with E-state index in [4.69, 9.17) is 11.6 Å². The van der Waals surface area contributed by atoms with Gasteiger partial charge in [-0.05, 0) is 30.2 Å². The first-order valence-corrected chi connectivity index (χ1v) is 6.35. The molecule has 1 aromatic carbocycles. The van der Waals surface area contributed by atoms with Crippen molar-refractivity contribution in [3.63, 3.8) is 0 Å². The highest BCUT2D eigenvalue weighted by Crippen LogP contribution is 2.17. The van der Waals surface area contributed by atoms with Gasteiger partial charge in [0.1, 0.15) is 11.4 Å². The number of rotatable bonds is 4. The molecule has 1 N–H and O–H groups in total. The molecule has 0 unspecified atom stereocenters. The van der Waals surface area contributed by atoms with E-state index in [2.05, 4.69) is 5.32 Å². The van der Waals surface area contributed by atoms with Gasteiger partial charge in [0.05, 0.1) is 0 Å². The minimum absolute atomic E-state index is 0.285. The molecule has 0 bridgehead atoms. The van der Waals surface area contributed by atoms with Crippen molar-refractivity contribution in [1.29, 1.82) is 0 Å². The highest BCUT2D eigenvalue weighted by atomic mass is 35.5. The lowest BCUT2D eigenvalue weighted by molar-refractivity contribution is -0.605. The van der Waals surface area contributed by atoms with Crippen LogP contribution in [-0.2, 0) is 6.42 Å². The Morgan fingerprint density at radius 3 is 2.90 bits per heavy atom. The Morgan fingerprint density at radius 1 is 1.40 bits per heavy atom. The first-order valence-electron chi connectivity index (χ1n) is 5.97. The van der Waals surface area contributed by atoms with E-state index in [0.717, 1.165) is 5.56 Å². The zero-order valence-electron chi connectivity index (χ0n) is 10.5. The highest BCUT2D eigenvalue weighted by molar-refractivity contribution is 6.31. The molecular formula is C14H12ClFN2O2. The van der Waals surface area contributed by atoms with Crippen molar-refractivity contribution in [3.05, 3.63) is 69.9 Å². The summed E-state index contributed by atoms with van der Waals surface area (Å²) < 4.78 is 13.4. The molecule has 4 nitrogen and oxygen atoms in total. The minimum atomic E-state index is -0.396. The Hall–Kier alpha value is -2.14. The zero-order chi connectivity index (χ0) is 14.5. The van der Waals surface area contributed by atoms with Gasteiger partial charge in [-0.15, -0.1) is 0 Å². The third-order valence-electron chi connectivity index (χ3n) is 2.73. The fourth-order valence-electron chi connectivity index (χ4n) is 1.73. The molecule has 0 radical (unpaired) electrons. The third kappa shape index (κ3) is 3.68. The van der Waals surface area contributed by atoms with Crippen LogP contribution >= 0.6 is 11.6 Å². The smallest absolute Gasteiger partial charge is 0.257 e. The van der Waals surface area contributed by atoms with Crippen LogP contribution in [0.2, 0.25) is 5.02 Å². The van der Waals surface area contributed by atoms with Crippen LogP contribution in [0.4, 0.5) is 4.39 Å². The van der Waals surface area contributed by atoms with E-state index in [1.54, 1.807) is 12.1 Å². The fraction of sp³-hybridized carbons (Fsp3) is 0.143. The second kappa shape index (κ2) is 6.34. The van der Waals surface area contributed by atoms with E-state index in [9.17, 15) is 14.4 Å². The van der Waals surface area contributed by atoms with Crippen LogP contribution in [-0.4, -0.2) is 12.5 Å². The summed E-state index contributed by atoms with van der Waals surface area (Å²) in [6.45, 7) is 0.345. The molecule has 20 heavy (non-hydrogen) atoms. The summed E-state index contributed by atoms with van der Waals surface area (Å²) in [6.07, 6.45) is 2.98. The standard InChI is InChI=1S/C14H12ClFN2O2/c15-13-8-12(16)4-3-10(13)5-6-17-14(19)11-2-1-7-18(20)9-11/h1-4,7-9H,5-6H2,(H,17,19). The summed E-state index contributed by atoms with van der Waals surface area (Å²) >= 11 is 5.89. The molecule has 0 aliphatic heterocycles. The zero-order valence-corrected chi connectivity index (χ0v) is 11.2. The second-order valence-corrected chi connectivity index (χ2v) is 4.60. The Kier molecular flexibility index (Phi) is 4.53. The third-order valence-corrected chi connectivity index (χ3v) is 3.08. The van der Waals surface area contributed by atoms with Gasteiger partial charge in [-0.2, -0.15) is 4.73 Å². The van der Waals surface area contributed by atoms with Crippen molar-refractivity contribution < 1.29 is 13.9 Å². The number of hydrogen-bond donors (Lipinski definition) is 1. The topological polar surface area (TPSA) is 56.0 Å². The highest BCUT2D eigenvalue weighted by Gasteiger charge is 2.08. The molecule has 0 saturated carbocycles. The van der Waals surface area contributed by atoms with Crippen LogP contribution in [0.25, 0.3) is 0 Å². The van der Waals surface area contributed by atoms with Gasteiger partial charge >= 0.3 is 0 Å². The number of aromatic nitrogens is 1. The van der Waals surface area contributed by atoms with Crippen LogP contribution in [0.3, 0.4) is 0 Å². The average molecular weight is 295 g/mol. The van der Waals surface area contributed by atoms with E-state index in [1.165, 1.54) is 30.6 Å². The predicted molar refractivity (Wildman–Crippen MR) is 72.8 cm³/mol. The molecule has 6 heteroatoms. The molecule has 1 heterocycles. The largest absolute Gasteiger partial charge is 0.619 e. The summed E-state index contributed by atoms with van der Waals surface area (Å²) in [6, 6.07) is 7.18. The summed E-state index contributed by atoms with van der Waals surface area (Å²) in [4.78, 5) is 11.8. The SMILES string of the molecule is O=C(NCCc1ccc(F)cc1Cl)c1ccc[n+]([O-])c1. The number of nitrogens with zero attached hydrogens (tertiary/aromatic N) is 1. The quantitative estimate of drug-likeness (QED) is 0.693. The number of amides is 1. The number of halogens is 2. The van der Waals surface area contributed by atoms with Gasteiger partial charge in [-0.25, -0.2) is 4.39 Å². The summed E-state index contributed by atoms with van der Waals surface area (Å²) in [5.41, 5.74) is 1.04. The van der Waals surface area contributed by atoms with E-state index in [1.807, 2.05) is 0 Å². The van der Waals surface area contributed by atoms with E-state index < -0.39 is 5.82 Å². The number of benzene rings is 1. The summed E-state index contributed by atoms with van der Waals surface area (Å²) in [5, 5.41) is 14.1. The van der Waals surface area contributed by atoms with Crippen LogP contribution in [0, 0.1) is 11.0 Å². The Morgan fingerprint density at radius 2 is 2.20 bits per heavy atom. The van der Waals surface area contributed by atoms with Gasteiger partial charge in [-0.1, -0.05) is 17.7 Å². The lowest BCUT2D eigenvalue weighted by Crippen LogP contribution is -2.30. The van der Waals surface area contributed by atoms with Gasteiger partial charge in [-0.3, -0.25) is 4.79 Å². The Bertz CT molecular complexity index is 634. The maximum atomic E-state index is 12.9. The van der Waals surface area contributed by atoms with Crippen molar-refractivity contribution in [1.82, 2.24) is 5.32 Å². The lowest BCUT2D eigenvalue weighted by atomic mass is 10.1. The van der Waals surface area contributed by atoms with Gasteiger partial charge in [0, 0.05) is 17.6 Å². The number of pyridine rings is 1. The number of hydrogen-bond acceptors (Lipinski definition) is 2. The molecule has 2 aromatic rings. The summed E-state index contributed by atoms with van der Waals surface area (Å²) in [5.74, 6) is -0.736. The fourth-order valence-corrected chi connectivity index (χ4v) is 1.99. The van der Waals surface area contributed by atoms with Crippen molar-refractivity contribution in [2.45, 2.75) is 6.42 Å². The van der Waals surface area contributed by atoms with Gasteiger partial charge in [0.2, 0.25) is 0 Å². The van der Waals surface area contributed by atoms with E-state index >= 15 is 0 Å². The van der Waals surface area contributed by atoms with Gasteiger partial charge in [0.15, 0.2) is 12.4 Å². The maximum absolute atomic E-state index is 12.9. The Balaban J connectivity index is 1.91. The molecular weight excluding hydrogens is 283 g/mol. The monoisotopic (exact) mass is 294 g/mol. The molecule has 0 aliphatic rings. The van der Waals surface area contributed by atoms with Crippen LogP contribution in [0.5, 0.6) is 0 Å². The molecule has 0 atom stereocenters. The molecule has 1 aromatic heterocycles. The number of carbonyl (C=O) groups excluding carboxylic acids is 1. The molecule has 0 spiro atoms. The average Bonchev–Trinajstić information content (AvgIpc) is 2.41. The van der Waals surface area contributed by atoms with E-state index in [0.29, 0.717) is 22.7 Å². The van der Waals surface area contributed by atoms with E-state index in [-0.39, 0.29) is 11.5 Å². The molecule has 104 valence electrons. The minimum Gasteiger partial charge on any atom is -0.619 e.